The van der Waals surface area contributed by atoms with Crippen molar-refractivity contribution in [3.63, 3.8) is 0 Å². The van der Waals surface area contributed by atoms with Gasteiger partial charge in [0, 0.05) is 24.3 Å². The minimum Gasteiger partial charge on any atom is -0.468 e. The van der Waals surface area contributed by atoms with Gasteiger partial charge >= 0.3 is 5.97 Å². The van der Waals surface area contributed by atoms with E-state index in [1.54, 1.807) is 6.20 Å². The standard InChI is InChI=1S/C15H19N3O2/c1-20-14(19)11-18-10-12(9-17-7-2-3-8-17)13-5-4-6-16-15(13)18/h4-6,10H,2-3,7-9,11H2,1H3. The van der Waals surface area contributed by atoms with E-state index in [1.165, 1.54) is 25.5 Å². The first-order chi connectivity index (χ1) is 9.78. The summed E-state index contributed by atoms with van der Waals surface area (Å²) in [6, 6.07) is 4.01. The zero-order valence-corrected chi connectivity index (χ0v) is 11.7. The first-order valence-corrected chi connectivity index (χ1v) is 7.00. The molecular weight excluding hydrogens is 254 g/mol. The molecule has 1 aliphatic heterocycles. The maximum Gasteiger partial charge on any atom is 0.325 e. The molecule has 5 nitrogen and oxygen atoms in total. The van der Waals surface area contributed by atoms with Crippen LogP contribution in [0.3, 0.4) is 0 Å². The zero-order valence-electron chi connectivity index (χ0n) is 11.7. The highest BCUT2D eigenvalue weighted by molar-refractivity contribution is 5.82. The molecule has 3 heterocycles. The third-order valence-corrected chi connectivity index (χ3v) is 3.84. The fraction of sp³-hybridized carbons (Fsp3) is 0.467. The Labute approximate surface area is 118 Å². The van der Waals surface area contributed by atoms with E-state index in [4.69, 9.17) is 4.74 Å². The van der Waals surface area contributed by atoms with Crippen LogP contribution in [0.5, 0.6) is 0 Å². The number of rotatable bonds is 4. The van der Waals surface area contributed by atoms with Crippen molar-refractivity contribution in [1.29, 1.82) is 0 Å². The molecule has 3 rings (SSSR count). The minimum absolute atomic E-state index is 0.212. The van der Waals surface area contributed by atoms with Crippen LogP contribution < -0.4 is 0 Å². The van der Waals surface area contributed by atoms with E-state index >= 15 is 0 Å². The van der Waals surface area contributed by atoms with Crippen molar-refractivity contribution in [1.82, 2.24) is 14.5 Å². The van der Waals surface area contributed by atoms with Gasteiger partial charge in [-0.1, -0.05) is 0 Å². The highest BCUT2D eigenvalue weighted by Crippen LogP contribution is 2.22. The van der Waals surface area contributed by atoms with Gasteiger partial charge in [0.05, 0.1) is 7.11 Å². The van der Waals surface area contributed by atoms with E-state index < -0.39 is 0 Å². The van der Waals surface area contributed by atoms with Crippen molar-refractivity contribution in [2.75, 3.05) is 20.2 Å². The largest absolute Gasteiger partial charge is 0.468 e. The summed E-state index contributed by atoms with van der Waals surface area (Å²) in [6.45, 7) is 3.45. The molecule has 0 N–H and O–H groups in total. The highest BCUT2D eigenvalue weighted by Gasteiger charge is 2.17. The number of nitrogens with zero attached hydrogens (tertiary/aromatic N) is 3. The maximum absolute atomic E-state index is 11.5. The molecule has 2 aromatic rings. The Balaban J connectivity index is 1.92. The lowest BCUT2D eigenvalue weighted by Gasteiger charge is -2.13. The molecule has 0 amide bonds. The SMILES string of the molecule is COC(=O)Cn1cc(CN2CCCC2)c2cccnc21. The molecule has 2 aromatic heterocycles. The summed E-state index contributed by atoms with van der Waals surface area (Å²) in [5, 5.41) is 1.13. The average molecular weight is 273 g/mol. The van der Waals surface area contributed by atoms with Gasteiger partial charge < -0.3 is 9.30 Å². The van der Waals surface area contributed by atoms with Crippen LogP contribution in [-0.2, 0) is 22.6 Å². The minimum atomic E-state index is -0.250. The van der Waals surface area contributed by atoms with Gasteiger partial charge in [0.2, 0.25) is 0 Å². The monoisotopic (exact) mass is 273 g/mol. The average Bonchev–Trinajstić information content (AvgIpc) is 3.09. The Morgan fingerprint density at radius 3 is 2.95 bits per heavy atom. The summed E-state index contributed by atoms with van der Waals surface area (Å²) >= 11 is 0. The second-order valence-electron chi connectivity index (χ2n) is 5.22. The van der Waals surface area contributed by atoms with Crippen molar-refractivity contribution < 1.29 is 9.53 Å². The molecule has 1 aliphatic rings. The van der Waals surface area contributed by atoms with Crippen molar-refractivity contribution in [2.24, 2.45) is 0 Å². The van der Waals surface area contributed by atoms with Crippen molar-refractivity contribution in [3.05, 3.63) is 30.1 Å². The lowest BCUT2D eigenvalue weighted by Crippen LogP contribution is -2.18. The first-order valence-electron chi connectivity index (χ1n) is 7.00. The molecule has 106 valence electrons. The second-order valence-corrected chi connectivity index (χ2v) is 5.22. The highest BCUT2D eigenvalue weighted by atomic mass is 16.5. The van der Waals surface area contributed by atoms with Gasteiger partial charge in [-0.05, 0) is 43.6 Å². The predicted molar refractivity (Wildman–Crippen MR) is 76.3 cm³/mol. The molecule has 0 aromatic carbocycles. The molecule has 0 spiro atoms. The number of esters is 1. The number of ether oxygens (including phenoxy) is 1. The van der Waals surface area contributed by atoms with Gasteiger partial charge in [0.15, 0.2) is 0 Å². The normalized spacial score (nSPS) is 15.8. The number of methoxy groups -OCH3 is 1. The fourth-order valence-corrected chi connectivity index (χ4v) is 2.83. The number of hydrogen-bond donors (Lipinski definition) is 0. The van der Waals surface area contributed by atoms with Crippen LogP contribution in [0, 0.1) is 0 Å². The smallest absolute Gasteiger partial charge is 0.325 e. The molecule has 5 heteroatoms. The number of carbonyl (C=O) groups excluding carboxylic acids is 1. The Bertz CT molecular complexity index is 615. The third-order valence-electron chi connectivity index (χ3n) is 3.84. The number of fused-ring (bicyclic) bond motifs is 1. The van der Waals surface area contributed by atoms with Gasteiger partial charge in [-0.25, -0.2) is 4.98 Å². The van der Waals surface area contributed by atoms with Gasteiger partial charge in [0.25, 0.3) is 0 Å². The molecule has 0 radical (unpaired) electrons. The third kappa shape index (κ3) is 2.54. The number of likely N-dealkylation sites (tertiary alicyclic amines) is 1. The lowest BCUT2D eigenvalue weighted by atomic mass is 10.2. The van der Waals surface area contributed by atoms with Crippen molar-refractivity contribution in [3.8, 4) is 0 Å². The summed E-state index contributed by atoms with van der Waals surface area (Å²) in [5.41, 5.74) is 2.09. The molecule has 1 saturated heterocycles. The van der Waals surface area contributed by atoms with Crippen LogP contribution in [-0.4, -0.2) is 40.6 Å². The van der Waals surface area contributed by atoms with Crippen LogP contribution in [0.15, 0.2) is 24.5 Å². The topological polar surface area (TPSA) is 47.4 Å². The van der Waals surface area contributed by atoms with Crippen molar-refractivity contribution >= 4 is 17.0 Å². The molecule has 20 heavy (non-hydrogen) atoms. The summed E-state index contributed by atoms with van der Waals surface area (Å²) in [7, 11) is 1.41. The first kappa shape index (κ1) is 13.1. The number of carbonyl (C=O) groups is 1. The summed E-state index contributed by atoms with van der Waals surface area (Å²) < 4.78 is 6.63. The summed E-state index contributed by atoms with van der Waals surface area (Å²) in [4.78, 5) is 18.3. The Kier molecular flexibility index (Phi) is 3.69. The van der Waals surface area contributed by atoms with E-state index in [1.807, 2.05) is 16.8 Å². The quantitative estimate of drug-likeness (QED) is 0.797. The maximum atomic E-state index is 11.5. The molecule has 0 atom stereocenters. The molecule has 0 bridgehead atoms. The Morgan fingerprint density at radius 1 is 1.40 bits per heavy atom. The van der Waals surface area contributed by atoms with E-state index in [0.717, 1.165) is 30.7 Å². The van der Waals surface area contributed by atoms with E-state index in [-0.39, 0.29) is 12.5 Å². The fourth-order valence-electron chi connectivity index (χ4n) is 2.83. The van der Waals surface area contributed by atoms with Gasteiger partial charge in [-0.15, -0.1) is 0 Å². The number of aromatic nitrogens is 2. The second kappa shape index (κ2) is 5.63. The van der Waals surface area contributed by atoms with Crippen LogP contribution in [0.4, 0.5) is 0 Å². The summed E-state index contributed by atoms with van der Waals surface area (Å²) in [5.74, 6) is -0.250. The van der Waals surface area contributed by atoms with E-state index in [2.05, 4.69) is 16.0 Å². The van der Waals surface area contributed by atoms with Crippen molar-refractivity contribution in [2.45, 2.75) is 25.9 Å². The molecule has 0 saturated carbocycles. The van der Waals surface area contributed by atoms with Crippen LogP contribution in [0.25, 0.3) is 11.0 Å². The molecular formula is C15H19N3O2. The Morgan fingerprint density at radius 2 is 2.20 bits per heavy atom. The van der Waals surface area contributed by atoms with E-state index in [9.17, 15) is 4.79 Å². The number of hydrogen-bond acceptors (Lipinski definition) is 4. The zero-order chi connectivity index (χ0) is 13.9. The van der Waals surface area contributed by atoms with Gasteiger partial charge in [-0.3, -0.25) is 9.69 Å². The van der Waals surface area contributed by atoms with Gasteiger partial charge in [0.1, 0.15) is 12.2 Å². The summed E-state index contributed by atoms with van der Waals surface area (Å²) in [6.07, 6.45) is 6.35. The van der Waals surface area contributed by atoms with Crippen LogP contribution in [0.2, 0.25) is 0 Å². The molecule has 0 aliphatic carbocycles. The van der Waals surface area contributed by atoms with Gasteiger partial charge in [-0.2, -0.15) is 0 Å². The van der Waals surface area contributed by atoms with E-state index in [0.29, 0.717) is 0 Å². The number of pyridine rings is 1. The molecule has 1 fully saturated rings. The lowest BCUT2D eigenvalue weighted by molar-refractivity contribution is -0.141. The van der Waals surface area contributed by atoms with Crippen LogP contribution in [0.1, 0.15) is 18.4 Å². The predicted octanol–water partition coefficient (Wildman–Crippen LogP) is 1.81. The Hall–Kier alpha value is -1.88. The molecule has 0 unspecified atom stereocenters. The van der Waals surface area contributed by atoms with Crippen LogP contribution >= 0.6 is 0 Å².